The highest BCUT2D eigenvalue weighted by atomic mass is 79.9. The Hall–Kier alpha value is 0.300. The minimum atomic E-state index is -0.121. The van der Waals surface area contributed by atoms with Gasteiger partial charge in [-0.15, -0.1) is 0 Å². The Morgan fingerprint density at radius 1 is 1.69 bits per heavy atom. The first kappa shape index (κ1) is 11.4. The van der Waals surface area contributed by atoms with Crippen molar-refractivity contribution in [2.75, 3.05) is 16.8 Å². The molecule has 1 aliphatic rings. The van der Waals surface area contributed by atoms with Gasteiger partial charge in [0, 0.05) is 22.5 Å². The minimum Gasteiger partial charge on any atom is -0.350 e. The molecule has 1 saturated heterocycles. The first-order valence-electron chi connectivity index (χ1n) is 4.51. The summed E-state index contributed by atoms with van der Waals surface area (Å²) in [7, 11) is 0. The third-order valence-electron chi connectivity index (χ3n) is 2.10. The third kappa shape index (κ3) is 3.50. The van der Waals surface area contributed by atoms with Crippen LogP contribution >= 0.6 is 27.7 Å². The molecule has 1 fully saturated rings. The Kier molecular flexibility index (Phi) is 4.10. The zero-order chi connectivity index (χ0) is 9.90. The van der Waals surface area contributed by atoms with Crippen LogP contribution in [-0.4, -0.2) is 28.3 Å². The number of thioether (sulfide) groups is 1. The fraction of sp³-hybridized carbons (Fsp3) is 0.889. The van der Waals surface area contributed by atoms with Crippen LogP contribution in [0.5, 0.6) is 0 Å². The molecule has 0 aromatic rings. The summed E-state index contributed by atoms with van der Waals surface area (Å²) in [5, 5.41) is 3.85. The van der Waals surface area contributed by atoms with Crippen LogP contribution in [0, 0.1) is 5.92 Å². The molecule has 1 unspecified atom stereocenters. The maximum Gasteiger partial charge on any atom is 0.224 e. The van der Waals surface area contributed by atoms with Gasteiger partial charge in [-0.25, -0.2) is 0 Å². The fourth-order valence-corrected chi connectivity index (χ4v) is 2.57. The number of amides is 1. The molecule has 0 aromatic carbocycles. The number of alkyl halides is 1. The smallest absolute Gasteiger partial charge is 0.224 e. The van der Waals surface area contributed by atoms with E-state index in [0.29, 0.717) is 0 Å². The highest BCUT2D eigenvalue weighted by molar-refractivity contribution is 9.09. The zero-order valence-corrected chi connectivity index (χ0v) is 10.5. The van der Waals surface area contributed by atoms with E-state index in [1.807, 2.05) is 25.6 Å². The van der Waals surface area contributed by atoms with Gasteiger partial charge in [-0.2, -0.15) is 11.8 Å². The zero-order valence-electron chi connectivity index (χ0n) is 8.10. The summed E-state index contributed by atoms with van der Waals surface area (Å²) in [6.45, 7) is 4.06. The average molecular weight is 266 g/mol. The molecule has 1 rings (SSSR count). The van der Waals surface area contributed by atoms with Gasteiger partial charge in [-0.3, -0.25) is 4.79 Å². The summed E-state index contributed by atoms with van der Waals surface area (Å²) in [6.07, 6.45) is 1.04. The topological polar surface area (TPSA) is 29.1 Å². The lowest BCUT2D eigenvalue weighted by Crippen LogP contribution is -2.47. The molecule has 0 spiro atoms. The Labute approximate surface area is 92.4 Å². The molecule has 1 atom stereocenters. The number of halogens is 1. The predicted molar refractivity (Wildman–Crippen MR) is 61.4 cm³/mol. The van der Waals surface area contributed by atoms with Crippen molar-refractivity contribution in [3.8, 4) is 0 Å². The lowest BCUT2D eigenvalue weighted by atomic mass is 10.0. The van der Waals surface area contributed by atoms with Crippen molar-refractivity contribution in [3.05, 3.63) is 0 Å². The van der Waals surface area contributed by atoms with Crippen LogP contribution in [0.3, 0.4) is 0 Å². The molecular weight excluding hydrogens is 250 g/mol. The molecule has 0 aliphatic carbocycles. The highest BCUT2D eigenvalue weighted by Crippen LogP contribution is 2.24. The van der Waals surface area contributed by atoms with E-state index >= 15 is 0 Å². The lowest BCUT2D eigenvalue weighted by molar-refractivity contribution is -0.125. The van der Waals surface area contributed by atoms with Gasteiger partial charge in [0.2, 0.25) is 5.91 Å². The van der Waals surface area contributed by atoms with Gasteiger partial charge in [0.1, 0.15) is 0 Å². The average Bonchev–Trinajstić information content (AvgIpc) is 2.55. The Morgan fingerprint density at radius 2 is 2.38 bits per heavy atom. The largest absolute Gasteiger partial charge is 0.350 e. The van der Waals surface area contributed by atoms with Crippen LogP contribution < -0.4 is 5.32 Å². The predicted octanol–water partition coefficient (Wildman–Crippen LogP) is 2.03. The molecule has 0 radical (unpaired) electrons. The second-order valence-electron chi connectivity index (χ2n) is 4.07. The van der Waals surface area contributed by atoms with Crippen LogP contribution in [0.1, 0.15) is 20.3 Å². The molecular formula is C9H16BrNOS. The van der Waals surface area contributed by atoms with Crippen LogP contribution in [0.4, 0.5) is 0 Å². The van der Waals surface area contributed by atoms with E-state index in [1.54, 1.807) is 0 Å². The molecule has 0 aromatic heterocycles. The third-order valence-corrected chi connectivity index (χ3v) is 4.66. The maximum atomic E-state index is 11.7. The molecule has 1 amide bonds. The van der Waals surface area contributed by atoms with Gasteiger partial charge < -0.3 is 5.32 Å². The lowest BCUT2D eigenvalue weighted by Gasteiger charge is -2.25. The summed E-state index contributed by atoms with van der Waals surface area (Å²) in [6, 6.07) is 0. The van der Waals surface area contributed by atoms with E-state index in [9.17, 15) is 4.79 Å². The molecule has 0 bridgehead atoms. The van der Waals surface area contributed by atoms with E-state index in [1.165, 1.54) is 0 Å². The van der Waals surface area contributed by atoms with Gasteiger partial charge in [-0.1, -0.05) is 15.9 Å². The van der Waals surface area contributed by atoms with Crippen molar-refractivity contribution >= 4 is 33.6 Å². The first-order chi connectivity index (χ1) is 6.05. The number of carbonyl (C=O) groups is 1. The second kappa shape index (κ2) is 4.69. The number of nitrogens with one attached hydrogen (secondary N) is 1. The summed E-state index contributed by atoms with van der Waals surface area (Å²) in [4.78, 5) is 11.7. The van der Waals surface area contributed by atoms with Gasteiger partial charge in [-0.05, 0) is 26.0 Å². The molecule has 2 nitrogen and oxygen atoms in total. The monoisotopic (exact) mass is 265 g/mol. The van der Waals surface area contributed by atoms with Crippen molar-refractivity contribution in [2.24, 2.45) is 5.92 Å². The van der Waals surface area contributed by atoms with Crippen LogP contribution in [0.15, 0.2) is 0 Å². The Bertz CT molecular complexity index is 190. The number of rotatable bonds is 3. The molecule has 4 heteroatoms. The molecule has 13 heavy (non-hydrogen) atoms. The maximum absolute atomic E-state index is 11.7. The van der Waals surface area contributed by atoms with Crippen LogP contribution in [0.25, 0.3) is 0 Å². The Balaban J connectivity index is 2.40. The quantitative estimate of drug-likeness (QED) is 0.792. The summed E-state index contributed by atoms with van der Waals surface area (Å²) < 4.78 is 0. The van der Waals surface area contributed by atoms with Crippen LogP contribution in [0.2, 0.25) is 0 Å². The van der Waals surface area contributed by atoms with E-state index < -0.39 is 0 Å². The number of carbonyl (C=O) groups excluding carboxylic acids is 1. The standard InChI is InChI=1S/C9H16BrNOS/c1-9(2,6-10)11-8(12)7-3-4-13-5-7/h7H,3-6H2,1-2H3,(H,11,12). The van der Waals surface area contributed by atoms with Crippen molar-refractivity contribution in [2.45, 2.75) is 25.8 Å². The van der Waals surface area contributed by atoms with Gasteiger partial charge in [0.05, 0.1) is 0 Å². The molecule has 76 valence electrons. The van der Waals surface area contributed by atoms with Gasteiger partial charge in [0.15, 0.2) is 0 Å². The normalized spacial score (nSPS) is 23.2. The van der Waals surface area contributed by atoms with Gasteiger partial charge in [0.25, 0.3) is 0 Å². The second-order valence-corrected chi connectivity index (χ2v) is 5.78. The molecule has 1 N–H and O–H groups in total. The Morgan fingerprint density at radius 3 is 2.85 bits per heavy atom. The van der Waals surface area contributed by atoms with E-state index in [2.05, 4.69) is 21.2 Å². The van der Waals surface area contributed by atoms with Crippen molar-refractivity contribution < 1.29 is 4.79 Å². The SMILES string of the molecule is CC(C)(CBr)NC(=O)C1CCSC1. The van der Waals surface area contributed by atoms with Crippen molar-refractivity contribution in [3.63, 3.8) is 0 Å². The number of hydrogen-bond donors (Lipinski definition) is 1. The molecule has 1 heterocycles. The van der Waals surface area contributed by atoms with E-state index in [4.69, 9.17) is 0 Å². The molecule has 1 aliphatic heterocycles. The van der Waals surface area contributed by atoms with Gasteiger partial charge >= 0.3 is 0 Å². The summed E-state index contributed by atoms with van der Waals surface area (Å²) in [5.41, 5.74) is -0.121. The fourth-order valence-electron chi connectivity index (χ4n) is 1.21. The summed E-state index contributed by atoms with van der Waals surface area (Å²) >= 11 is 5.26. The summed E-state index contributed by atoms with van der Waals surface area (Å²) in [5.74, 6) is 2.58. The van der Waals surface area contributed by atoms with E-state index in [0.717, 1.165) is 23.3 Å². The van der Waals surface area contributed by atoms with E-state index in [-0.39, 0.29) is 17.4 Å². The first-order valence-corrected chi connectivity index (χ1v) is 6.78. The molecule has 0 saturated carbocycles. The number of hydrogen-bond acceptors (Lipinski definition) is 2. The van der Waals surface area contributed by atoms with Crippen LogP contribution in [-0.2, 0) is 4.79 Å². The highest BCUT2D eigenvalue weighted by Gasteiger charge is 2.27. The minimum absolute atomic E-state index is 0.121. The van der Waals surface area contributed by atoms with Crippen molar-refractivity contribution in [1.82, 2.24) is 5.32 Å². The van der Waals surface area contributed by atoms with Crippen molar-refractivity contribution in [1.29, 1.82) is 0 Å².